The third-order valence-corrected chi connectivity index (χ3v) is 2.11. The number of ketones is 1. The van der Waals surface area contributed by atoms with E-state index in [2.05, 4.69) is 0 Å². The van der Waals surface area contributed by atoms with Gasteiger partial charge in [-0.05, 0) is 23.8 Å². The molecule has 1 aromatic rings. The highest BCUT2D eigenvalue weighted by molar-refractivity contribution is 6.33. The average molecular weight is 267 g/mol. The van der Waals surface area contributed by atoms with Crippen LogP contribution in [0.3, 0.4) is 0 Å². The van der Waals surface area contributed by atoms with Crippen LogP contribution < -0.4 is 0 Å². The highest BCUT2D eigenvalue weighted by atomic mass is 35.5. The number of halogens is 4. The van der Waals surface area contributed by atoms with Gasteiger partial charge in [0.1, 0.15) is 0 Å². The molecule has 17 heavy (non-hydrogen) atoms. The van der Waals surface area contributed by atoms with E-state index in [1.54, 1.807) is 0 Å². The van der Waals surface area contributed by atoms with E-state index in [0.717, 1.165) is 6.07 Å². The molecule has 1 N–H and O–H groups in total. The third kappa shape index (κ3) is 3.74. The molecular formula is C10H6ClF3O3. The molecule has 1 aromatic carbocycles. The Morgan fingerprint density at radius 3 is 2.29 bits per heavy atom. The zero-order valence-corrected chi connectivity index (χ0v) is 8.97. The lowest BCUT2D eigenvalue weighted by Gasteiger charge is -2.09. The van der Waals surface area contributed by atoms with E-state index in [4.69, 9.17) is 16.7 Å². The fourth-order valence-corrected chi connectivity index (χ4v) is 1.43. The molecule has 92 valence electrons. The Morgan fingerprint density at radius 2 is 1.82 bits per heavy atom. The molecule has 7 heteroatoms. The second-order valence-electron chi connectivity index (χ2n) is 3.25. The number of benzene rings is 1. The maximum Gasteiger partial charge on any atom is 0.416 e. The van der Waals surface area contributed by atoms with Gasteiger partial charge in [0.05, 0.1) is 5.56 Å². The van der Waals surface area contributed by atoms with E-state index in [-0.39, 0.29) is 10.6 Å². The predicted molar refractivity (Wildman–Crippen MR) is 52.8 cm³/mol. The summed E-state index contributed by atoms with van der Waals surface area (Å²) in [6.07, 6.45) is -5.22. The molecule has 3 nitrogen and oxygen atoms in total. The van der Waals surface area contributed by atoms with Crippen LogP contribution in [0.4, 0.5) is 13.2 Å². The highest BCUT2D eigenvalue weighted by Gasteiger charge is 2.31. The van der Waals surface area contributed by atoms with Gasteiger partial charge in [0, 0.05) is 11.4 Å². The Kier molecular flexibility index (Phi) is 3.77. The van der Waals surface area contributed by atoms with Gasteiger partial charge in [-0.3, -0.25) is 4.79 Å². The number of rotatable bonds is 3. The summed E-state index contributed by atoms with van der Waals surface area (Å²) in [4.78, 5) is 21.1. The number of carbonyl (C=O) groups excluding carboxylic acids is 1. The molecule has 0 saturated heterocycles. The lowest BCUT2D eigenvalue weighted by molar-refractivity contribution is -0.148. The standard InChI is InChI=1S/C10H6ClF3O3/c11-7-2-5(3-8(15)9(16)17)1-6(4-7)10(12,13)14/h1-2,4H,3H2,(H,16,17). The number of Topliss-reactive ketones (excluding diaryl/α,β-unsaturated/α-hetero) is 1. The molecule has 0 aliphatic rings. The van der Waals surface area contributed by atoms with Crippen LogP contribution in [0.2, 0.25) is 5.02 Å². The van der Waals surface area contributed by atoms with Gasteiger partial charge in [0.15, 0.2) is 0 Å². The van der Waals surface area contributed by atoms with Gasteiger partial charge >= 0.3 is 12.1 Å². The summed E-state index contributed by atoms with van der Waals surface area (Å²) in [6, 6.07) is 2.53. The molecule has 0 aliphatic carbocycles. The van der Waals surface area contributed by atoms with E-state index >= 15 is 0 Å². The minimum atomic E-state index is -4.59. The molecule has 0 spiro atoms. The second kappa shape index (κ2) is 4.75. The monoisotopic (exact) mass is 266 g/mol. The van der Waals surface area contributed by atoms with Crippen LogP contribution in [-0.2, 0) is 22.2 Å². The van der Waals surface area contributed by atoms with Crippen LogP contribution in [-0.4, -0.2) is 16.9 Å². The highest BCUT2D eigenvalue weighted by Crippen LogP contribution is 2.32. The van der Waals surface area contributed by atoms with Gasteiger partial charge in [-0.2, -0.15) is 13.2 Å². The Labute approximate surface area is 98.8 Å². The number of hydrogen-bond donors (Lipinski definition) is 1. The van der Waals surface area contributed by atoms with Gasteiger partial charge < -0.3 is 5.11 Å². The number of hydrogen-bond acceptors (Lipinski definition) is 2. The summed E-state index contributed by atoms with van der Waals surface area (Å²) >= 11 is 5.46. The summed E-state index contributed by atoms with van der Waals surface area (Å²) in [6.45, 7) is 0. The van der Waals surface area contributed by atoms with Crippen LogP contribution in [0.5, 0.6) is 0 Å². The number of carboxylic acids is 1. The quantitative estimate of drug-likeness (QED) is 0.856. The van der Waals surface area contributed by atoms with E-state index in [0.29, 0.717) is 12.1 Å². The first-order valence-corrected chi connectivity index (χ1v) is 4.70. The van der Waals surface area contributed by atoms with Crippen LogP contribution >= 0.6 is 11.6 Å². The number of aliphatic carboxylic acids is 1. The fraction of sp³-hybridized carbons (Fsp3) is 0.200. The summed E-state index contributed by atoms with van der Waals surface area (Å²) in [5, 5.41) is 8.14. The molecule has 0 heterocycles. The van der Waals surface area contributed by atoms with E-state index in [1.165, 1.54) is 0 Å². The second-order valence-corrected chi connectivity index (χ2v) is 3.69. The SMILES string of the molecule is O=C(O)C(=O)Cc1cc(Cl)cc(C(F)(F)F)c1. The van der Waals surface area contributed by atoms with Gasteiger partial charge in [-0.25, -0.2) is 4.79 Å². The first-order chi connectivity index (χ1) is 7.70. The van der Waals surface area contributed by atoms with E-state index in [1.807, 2.05) is 0 Å². The van der Waals surface area contributed by atoms with Gasteiger partial charge in [-0.15, -0.1) is 0 Å². The number of carboxylic acid groups (broad SMARTS) is 1. The summed E-state index contributed by atoms with van der Waals surface area (Å²) < 4.78 is 37.2. The van der Waals surface area contributed by atoms with Crippen LogP contribution in [0.15, 0.2) is 18.2 Å². The summed E-state index contributed by atoms with van der Waals surface area (Å²) in [5.74, 6) is -2.89. The molecular weight excluding hydrogens is 261 g/mol. The summed E-state index contributed by atoms with van der Waals surface area (Å²) in [7, 11) is 0. The molecule has 0 bridgehead atoms. The normalized spacial score (nSPS) is 11.3. The Hall–Kier alpha value is -1.56. The zero-order valence-electron chi connectivity index (χ0n) is 8.21. The first-order valence-electron chi connectivity index (χ1n) is 4.33. The lowest BCUT2D eigenvalue weighted by Crippen LogP contribution is -2.15. The predicted octanol–water partition coefficient (Wildman–Crippen LogP) is 2.56. The van der Waals surface area contributed by atoms with Crippen molar-refractivity contribution in [2.75, 3.05) is 0 Å². The van der Waals surface area contributed by atoms with Crippen molar-refractivity contribution in [3.63, 3.8) is 0 Å². The zero-order chi connectivity index (χ0) is 13.2. The van der Waals surface area contributed by atoms with Crippen molar-refractivity contribution in [2.45, 2.75) is 12.6 Å². The summed E-state index contributed by atoms with van der Waals surface area (Å²) in [5.41, 5.74) is -1.10. The first kappa shape index (κ1) is 13.5. The van der Waals surface area contributed by atoms with Crippen molar-refractivity contribution in [1.29, 1.82) is 0 Å². The van der Waals surface area contributed by atoms with Crippen molar-refractivity contribution < 1.29 is 27.9 Å². The molecule has 1 rings (SSSR count). The molecule has 0 atom stereocenters. The molecule has 0 amide bonds. The van der Waals surface area contributed by atoms with E-state index < -0.39 is 29.9 Å². The maximum atomic E-state index is 12.4. The Balaban J connectivity index is 3.06. The van der Waals surface area contributed by atoms with Crippen molar-refractivity contribution in [3.05, 3.63) is 34.3 Å². The molecule has 0 aliphatic heterocycles. The Bertz CT molecular complexity index is 468. The Morgan fingerprint density at radius 1 is 1.24 bits per heavy atom. The maximum absolute atomic E-state index is 12.4. The van der Waals surface area contributed by atoms with Crippen LogP contribution in [0, 0.1) is 0 Å². The number of alkyl halides is 3. The minimum absolute atomic E-state index is 0.0859. The third-order valence-electron chi connectivity index (χ3n) is 1.89. The molecule has 0 unspecified atom stereocenters. The average Bonchev–Trinajstić information content (AvgIpc) is 2.15. The molecule has 0 aromatic heterocycles. The van der Waals surface area contributed by atoms with Crippen LogP contribution in [0.25, 0.3) is 0 Å². The number of carbonyl (C=O) groups is 2. The fourth-order valence-electron chi connectivity index (χ4n) is 1.18. The van der Waals surface area contributed by atoms with Crippen molar-refractivity contribution in [3.8, 4) is 0 Å². The van der Waals surface area contributed by atoms with Crippen molar-refractivity contribution in [2.24, 2.45) is 0 Å². The largest absolute Gasteiger partial charge is 0.475 e. The van der Waals surface area contributed by atoms with Gasteiger partial charge in [0.2, 0.25) is 5.78 Å². The smallest absolute Gasteiger partial charge is 0.416 e. The topological polar surface area (TPSA) is 54.4 Å². The lowest BCUT2D eigenvalue weighted by atomic mass is 10.1. The minimum Gasteiger partial charge on any atom is -0.475 e. The van der Waals surface area contributed by atoms with Crippen molar-refractivity contribution in [1.82, 2.24) is 0 Å². The van der Waals surface area contributed by atoms with Gasteiger partial charge in [0.25, 0.3) is 0 Å². The molecule has 0 fully saturated rings. The molecule has 0 saturated carbocycles. The van der Waals surface area contributed by atoms with Gasteiger partial charge in [-0.1, -0.05) is 11.6 Å². The van der Waals surface area contributed by atoms with Crippen molar-refractivity contribution >= 4 is 23.4 Å². The van der Waals surface area contributed by atoms with E-state index in [9.17, 15) is 22.8 Å². The molecule has 0 radical (unpaired) electrons. The van der Waals surface area contributed by atoms with Crippen LogP contribution in [0.1, 0.15) is 11.1 Å².